The van der Waals surface area contributed by atoms with Crippen LogP contribution in [0.3, 0.4) is 0 Å². The number of rotatable bonds is 6. The molecule has 4 rings (SSSR count). The number of Topliss-reactive ketones (excluding diaryl/α,β-unsaturated/α-hetero) is 1. The average Bonchev–Trinajstić information content (AvgIpc) is 3.46. The lowest BCUT2D eigenvalue weighted by atomic mass is 10.1. The number of carbonyl (C=O) groups excluding carboxylic acids is 3. The summed E-state index contributed by atoms with van der Waals surface area (Å²) in [7, 11) is 0. The number of nitrogens with zero attached hydrogens (tertiary/aromatic N) is 3. The molecule has 28 heavy (non-hydrogen) atoms. The van der Waals surface area contributed by atoms with Gasteiger partial charge in [0.15, 0.2) is 16.1 Å². The molecule has 0 bridgehead atoms. The summed E-state index contributed by atoms with van der Waals surface area (Å²) in [6.45, 7) is 0.200. The second kappa shape index (κ2) is 8.33. The molecule has 2 aliphatic heterocycles. The minimum absolute atomic E-state index is 0.0787. The third-order valence-electron chi connectivity index (χ3n) is 3.89. The highest BCUT2D eigenvalue weighted by Crippen LogP contribution is 2.32. The van der Waals surface area contributed by atoms with Gasteiger partial charge < -0.3 is 9.73 Å². The maximum absolute atomic E-state index is 12.9. The molecule has 0 spiro atoms. The van der Waals surface area contributed by atoms with E-state index in [2.05, 4.69) is 15.5 Å². The number of carbonyl (C=O) groups is 3. The summed E-state index contributed by atoms with van der Waals surface area (Å²) >= 11 is 3.80. The molecule has 0 saturated carbocycles. The maximum Gasteiger partial charge on any atom is 0.243 e. The zero-order valence-electron chi connectivity index (χ0n) is 14.4. The van der Waals surface area contributed by atoms with Gasteiger partial charge in [-0.15, -0.1) is 21.5 Å². The minimum Gasteiger partial charge on any atom is -0.467 e. The first-order chi connectivity index (χ1) is 13.6. The van der Waals surface area contributed by atoms with E-state index in [9.17, 15) is 14.4 Å². The Balaban J connectivity index is 1.54. The number of nitrogens with one attached hydrogen (secondary N) is 1. The first-order valence-corrected chi connectivity index (χ1v) is 11.0. The molecule has 144 valence electrons. The molecule has 0 aliphatic carbocycles. The van der Waals surface area contributed by atoms with Crippen LogP contribution in [0.4, 0.5) is 0 Å². The van der Waals surface area contributed by atoms with Crippen LogP contribution in [0.25, 0.3) is 0 Å². The molecule has 4 heterocycles. The normalized spacial score (nSPS) is 22.4. The number of thioether (sulfide) groups is 2. The van der Waals surface area contributed by atoms with E-state index < -0.39 is 5.25 Å². The first kappa shape index (κ1) is 19.0. The van der Waals surface area contributed by atoms with Gasteiger partial charge in [0.05, 0.1) is 28.7 Å². The van der Waals surface area contributed by atoms with Crippen molar-refractivity contribution in [1.82, 2.24) is 10.2 Å². The van der Waals surface area contributed by atoms with Crippen molar-refractivity contribution in [2.45, 2.75) is 18.2 Å². The van der Waals surface area contributed by atoms with E-state index in [4.69, 9.17) is 4.42 Å². The smallest absolute Gasteiger partial charge is 0.243 e. The Bertz CT molecular complexity index is 953. The number of hydrogen-bond acceptors (Lipinski definition) is 9. The van der Waals surface area contributed by atoms with Gasteiger partial charge in [0.1, 0.15) is 5.76 Å². The Morgan fingerprint density at radius 1 is 1.29 bits per heavy atom. The van der Waals surface area contributed by atoms with Crippen LogP contribution in [0.5, 0.6) is 0 Å². The maximum atomic E-state index is 12.9. The summed E-state index contributed by atoms with van der Waals surface area (Å²) in [5.41, 5.74) is 0. The van der Waals surface area contributed by atoms with Crippen LogP contribution < -0.4 is 5.32 Å². The van der Waals surface area contributed by atoms with Gasteiger partial charge in [0.2, 0.25) is 11.8 Å². The van der Waals surface area contributed by atoms with Crippen molar-refractivity contribution in [2.24, 2.45) is 10.2 Å². The van der Waals surface area contributed by atoms with Crippen molar-refractivity contribution in [3.63, 3.8) is 0 Å². The van der Waals surface area contributed by atoms with Gasteiger partial charge in [-0.05, 0) is 23.6 Å². The van der Waals surface area contributed by atoms with E-state index in [-0.39, 0.29) is 30.6 Å². The fraction of sp³-hybridized carbons (Fsp3) is 0.235. The van der Waals surface area contributed by atoms with E-state index in [1.807, 2.05) is 5.38 Å². The number of amidine groups is 2. The summed E-state index contributed by atoms with van der Waals surface area (Å²) < 4.78 is 5.34. The van der Waals surface area contributed by atoms with E-state index in [0.29, 0.717) is 26.7 Å². The highest BCUT2D eigenvalue weighted by molar-refractivity contribution is 8.15. The van der Waals surface area contributed by atoms with Gasteiger partial charge in [-0.2, -0.15) is 0 Å². The molecule has 0 unspecified atom stereocenters. The van der Waals surface area contributed by atoms with Crippen LogP contribution in [0.2, 0.25) is 0 Å². The van der Waals surface area contributed by atoms with E-state index in [1.54, 1.807) is 24.3 Å². The lowest BCUT2D eigenvalue weighted by molar-refractivity contribution is -0.126. The summed E-state index contributed by atoms with van der Waals surface area (Å²) in [6.07, 6.45) is 1.61. The van der Waals surface area contributed by atoms with Crippen molar-refractivity contribution in [2.75, 3.05) is 5.75 Å². The second-order valence-corrected chi connectivity index (χ2v) is 8.92. The molecule has 2 fully saturated rings. The van der Waals surface area contributed by atoms with Crippen molar-refractivity contribution >= 4 is 62.8 Å². The lowest BCUT2D eigenvalue weighted by Gasteiger charge is -2.13. The Morgan fingerprint density at radius 3 is 2.86 bits per heavy atom. The topological polar surface area (TPSA) is 104 Å². The third-order valence-corrected chi connectivity index (χ3v) is 6.83. The zero-order chi connectivity index (χ0) is 19.5. The monoisotopic (exact) mass is 434 g/mol. The van der Waals surface area contributed by atoms with Crippen LogP contribution >= 0.6 is 34.9 Å². The Labute approximate surface area is 172 Å². The summed E-state index contributed by atoms with van der Waals surface area (Å²) in [6, 6.07) is 7.06. The summed E-state index contributed by atoms with van der Waals surface area (Å²) in [4.78, 5) is 38.7. The van der Waals surface area contributed by atoms with E-state index in [1.165, 1.54) is 46.0 Å². The number of ketones is 1. The molecule has 11 heteroatoms. The first-order valence-electron chi connectivity index (χ1n) is 8.25. The Morgan fingerprint density at radius 2 is 2.18 bits per heavy atom. The molecule has 8 nitrogen and oxygen atoms in total. The summed E-state index contributed by atoms with van der Waals surface area (Å²) in [5, 5.41) is 12.8. The fourth-order valence-corrected chi connectivity index (χ4v) is 4.98. The van der Waals surface area contributed by atoms with Crippen LogP contribution in [0.15, 0.2) is 50.5 Å². The largest absolute Gasteiger partial charge is 0.467 e. The predicted octanol–water partition coefficient (Wildman–Crippen LogP) is 2.55. The van der Waals surface area contributed by atoms with Crippen LogP contribution in [0.1, 0.15) is 21.9 Å². The molecule has 1 atom stereocenters. The van der Waals surface area contributed by atoms with Crippen LogP contribution in [-0.2, 0) is 16.1 Å². The number of hydrogen-bond donors (Lipinski definition) is 1. The average molecular weight is 435 g/mol. The van der Waals surface area contributed by atoms with Crippen molar-refractivity contribution in [3.8, 4) is 0 Å². The van der Waals surface area contributed by atoms with E-state index >= 15 is 0 Å². The number of furan rings is 1. The van der Waals surface area contributed by atoms with Crippen LogP contribution in [0, 0.1) is 0 Å². The highest BCUT2D eigenvalue weighted by Gasteiger charge is 2.40. The summed E-state index contributed by atoms with van der Waals surface area (Å²) in [5.74, 6) is 0.469. The highest BCUT2D eigenvalue weighted by atomic mass is 32.2. The molecule has 2 aromatic rings. The molecule has 0 aromatic carbocycles. The van der Waals surface area contributed by atoms with Crippen molar-refractivity contribution < 1.29 is 18.8 Å². The van der Waals surface area contributed by atoms with Gasteiger partial charge in [0.25, 0.3) is 0 Å². The number of amides is 2. The molecule has 0 radical (unpaired) electrons. The van der Waals surface area contributed by atoms with Crippen molar-refractivity contribution in [1.29, 1.82) is 0 Å². The lowest BCUT2D eigenvalue weighted by Crippen LogP contribution is -2.32. The second-order valence-electron chi connectivity index (χ2n) is 5.84. The SMILES string of the molecule is O=C1CS/C(=N\N=C2/S[C@@H](CC(=O)c3cccs3)C(=O)N2Cc2ccco2)N1. The molecule has 2 aromatic heterocycles. The quantitative estimate of drug-likeness (QED) is 0.553. The fourth-order valence-electron chi connectivity index (χ4n) is 2.59. The standard InChI is InChI=1S/C17H14N4O4S3/c22-11(12-4-2-6-26-12)7-13-15(24)21(8-10-3-1-5-25-10)17(28-13)20-19-16-18-14(23)9-27-16/h1-6,13H,7-9H2,(H,18,19,23)/b20-17-/t13-/m0/s1. The molecular weight excluding hydrogens is 420 g/mol. The van der Waals surface area contributed by atoms with E-state index in [0.717, 1.165) is 0 Å². The Hall–Kier alpha value is -2.37. The van der Waals surface area contributed by atoms with Crippen LogP contribution in [-0.4, -0.2) is 43.8 Å². The molecule has 2 amide bonds. The minimum atomic E-state index is -0.575. The van der Waals surface area contributed by atoms with Gasteiger partial charge in [-0.3, -0.25) is 19.3 Å². The number of thiophene rings is 1. The predicted molar refractivity (Wildman–Crippen MR) is 109 cm³/mol. The zero-order valence-corrected chi connectivity index (χ0v) is 16.8. The third kappa shape index (κ3) is 4.21. The Kier molecular flexibility index (Phi) is 5.64. The van der Waals surface area contributed by atoms with Gasteiger partial charge in [-0.1, -0.05) is 29.6 Å². The van der Waals surface area contributed by atoms with Gasteiger partial charge in [-0.25, -0.2) is 0 Å². The van der Waals surface area contributed by atoms with Crippen molar-refractivity contribution in [3.05, 3.63) is 46.5 Å². The molecule has 2 saturated heterocycles. The molecular formula is C17H14N4O4S3. The van der Waals surface area contributed by atoms with Gasteiger partial charge in [0, 0.05) is 6.42 Å². The molecule has 2 aliphatic rings. The van der Waals surface area contributed by atoms with Gasteiger partial charge >= 0.3 is 0 Å². The molecule has 1 N–H and O–H groups in total.